The highest BCUT2D eigenvalue weighted by atomic mass is 16.3. The lowest BCUT2D eigenvalue weighted by Gasteiger charge is -2.40. The molecule has 0 spiro atoms. The van der Waals surface area contributed by atoms with Crippen LogP contribution < -0.4 is 0 Å². The quantitative estimate of drug-likeness (QED) is 0.651. The Kier molecular flexibility index (Phi) is 1.48. The first-order valence-corrected chi connectivity index (χ1v) is 4.15. The molecule has 1 N–H and O–H groups in total. The highest BCUT2D eigenvalue weighted by Gasteiger charge is 2.42. The van der Waals surface area contributed by atoms with Crippen LogP contribution in [0.2, 0.25) is 0 Å². The normalized spacial score (nSPS) is 34.8. The Balaban J connectivity index is 2.20. The van der Waals surface area contributed by atoms with E-state index in [-0.39, 0.29) is 11.5 Å². The van der Waals surface area contributed by atoms with Crippen molar-refractivity contribution in [3.63, 3.8) is 0 Å². The van der Waals surface area contributed by atoms with E-state index >= 15 is 0 Å². The Morgan fingerprint density at radius 1 is 1.67 bits per heavy atom. The van der Waals surface area contributed by atoms with Gasteiger partial charge in [-0.15, -0.1) is 5.10 Å². The van der Waals surface area contributed by atoms with E-state index in [1.54, 1.807) is 4.68 Å². The minimum atomic E-state index is -0.142. The standard InChI is InChI=1S/C8H13N3O/c1-8(3-6(12)4-8)7-5-11(2)10-9-7/h5-6,12H,3-4H2,1-2H3. The predicted molar refractivity (Wildman–Crippen MR) is 43.6 cm³/mol. The molecule has 0 bridgehead atoms. The van der Waals surface area contributed by atoms with E-state index in [2.05, 4.69) is 17.2 Å². The fourth-order valence-corrected chi connectivity index (χ4v) is 1.81. The largest absolute Gasteiger partial charge is 0.393 e. The van der Waals surface area contributed by atoms with Gasteiger partial charge in [0.2, 0.25) is 0 Å². The van der Waals surface area contributed by atoms with Gasteiger partial charge >= 0.3 is 0 Å². The van der Waals surface area contributed by atoms with Crippen LogP contribution in [0.15, 0.2) is 6.20 Å². The van der Waals surface area contributed by atoms with Gasteiger partial charge in [-0.1, -0.05) is 12.1 Å². The molecule has 0 atom stereocenters. The number of nitrogens with zero attached hydrogens (tertiary/aromatic N) is 3. The second-order valence-corrected chi connectivity index (χ2v) is 3.90. The summed E-state index contributed by atoms with van der Waals surface area (Å²) in [5, 5.41) is 17.1. The predicted octanol–water partition coefficient (Wildman–Crippen LogP) is 0.227. The first-order valence-electron chi connectivity index (χ1n) is 4.15. The average Bonchev–Trinajstić information content (AvgIpc) is 2.33. The summed E-state index contributed by atoms with van der Waals surface area (Å²) in [6, 6.07) is 0. The summed E-state index contributed by atoms with van der Waals surface area (Å²) in [7, 11) is 1.86. The van der Waals surface area contributed by atoms with Gasteiger partial charge in [0, 0.05) is 18.7 Å². The van der Waals surface area contributed by atoms with Crippen molar-refractivity contribution in [1.29, 1.82) is 0 Å². The maximum absolute atomic E-state index is 9.20. The van der Waals surface area contributed by atoms with Crippen LogP contribution in [0.25, 0.3) is 0 Å². The summed E-state index contributed by atoms with van der Waals surface area (Å²) in [6.07, 6.45) is 3.40. The van der Waals surface area contributed by atoms with Crippen molar-refractivity contribution in [2.24, 2.45) is 7.05 Å². The van der Waals surface area contributed by atoms with E-state index in [1.165, 1.54) is 0 Å². The molecule has 4 heteroatoms. The number of hydrogen-bond acceptors (Lipinski definition) is 3. The van der Waals surface area contributed by atoms with Gasteiger partial charge in [-0.2, -0.15) is 0 Å². The van der Waals surface area contributed by atoms with Crippen LogP contribution in [0.4, 0.5) is 0 Å². The van der Waals surface area contributed by atoms with E-state index in [9.17, 15) is 5.11 Å². The van der Waals surface area contributed by atoms with Gasteiger partial charge < -0.3 is 5.11 Å². The zero-order chi connectivity index (χ0) is 8.77. The highest BCUT2D eigenvalue weighted by molar-refractivity contribution is 5.16. The molecular formula is C8H13N3O. The van der Waals surface area contributed by atoms with E-state index in [4.69, 9.17) is 0 Å². The fourth-order valence-electron chi connectivity index (χ4n) is 1.81. The molecule has 1 fully saturated rings. The molecule has 1 aliphatic carbocycles. The zero-order valence-electron chi connectivity index (χ0n) is 7.36. The molecule has 1 aromatic rings. The summed E-state index contributed by atoms with van der Waals surface area (Å²) >= 11 is 0. The number of aliphatic hydroxyl groups is 1. The van der Waals surface area contributed by atoms with Crippen LogP contribution in [0, 0.1) is 0 Å². The molecule has 2 rings (SSSR count). The van der Waals surface area contributed by atoms with Crippen molar-refractivity contribution in [1.82, 2.24) is 15.0 Å². The molecule has 1 saturated carbocycles. The van der Waals surface area contributed by atoms with Gasteiger partial charge in [0.05, 0.1) is 11.8 Å². The van der Waals surface area contributed by atoms with E-state index in [0.717, 1.165) is 18.5 Å². The lowest BCUT2D eigenvalue weighted by atomic mass is 9.66. The van der Waals surface area contributed by atoms with Crippen LogP contribution >= 0.6 is 0 Å². The SMILES string of the molecule is Cn1cc(C2(C)CC(O)C2)nn1. The molecule has 1 aliphatic rings. The molecule has 0 radical (unpaired) electrons. The van der Waals surface area contributed by atoms with Crippen molar-refractivity contribution < 1.29 is 5.11 Å². The van der Waals surface area contributed by atoms with Crippen molar-refractivity contribution in [3.05, 3.63) is 11.9 Å². The Bertz CT molecular complexity index is 288. The molecule has 66 valence electrons. The van der Waals surface area contributed by atoms with Gasteiger partial charge in [-0.05, 0) is 12.8 Å². The van der Waals surface area contributed by atoms with Crippen molar-refractivity contribution in [2.75, 3.05) is 0 Å². The van der Waals surface area contributed by atoms with Gasteiger partial charge in [0.15, 0.2) is 0 Å². The lowest BCUT2D eigenvalue weighted by molar-refractivity contribution is 0.0252. The number of aromatic nitrogens is 3. The van der Waals surface area contributed by atoms with Gasteiger partial charge in [-0.25, -0.2) is 0 Å². The molecule has 4 nitrogen and oxygen atoms in total. The van der Waals surface area contributed by atoms with Crippen LogP contribution in [0.3, 0.4) is 0 Å². The summed E-state index contributed by atoms with van der Waals surface area (Å²) in [5.41, 5.74) is 1.06. The maximum Gasteiger partial charge on any atom is 0.0887 e. The van der Waals surface area contributed by atoms with Gasteiger partial charge in [0.25, 0.3) is 0 Å². The second kappa shape index (κ2) is 2.29. The van der Waals surface area contributed by atoms with Crippen LogP contribution in [0.5, 0.6) is 0 Å². The number of rotatable bonds is 1. The van der Waals surface area contributed by atoms with Crippen LogP contribution in [-0.4, -0.2) is 26.2 Å². The summed E-state index contributed by atoms with van der Waals surface area (Å²) in [5.74, 6) is 0. The maximum atomic E-state index is 9.20. The number of aryl methyl sites for hydroxylation is 1. The third kappa shape index (κ3) is 1.03. The lowest BCUT2D eigenvalue weighted by Crippen LogP contribution is -2.42. The topological polar surface area (TPSA) is 50.9 Å². The first-order chi connectivity index (χ1) is 5.60. The Morgan fingerprint density at radius 2 is 2.33 bits per heavy atom. The average molecular weight is 167 g/mol. The molecular weight excluding hydrogens is 154 g/mol. The first kappa shape index (κ1) is 7.73. The Morgan fingerprint density at radius 3 is 2.75 bits per heavy atom. The summed E-state index contributed by atoms with van der Waals surface area (Å²) < 4.78 is 1.70. The number of hydrogen-bond donors (Lipinski definition) is 1. The Hall–Kier alpha value is -0.900. The van der Waals surface area contributed by atoms with Crippen LogP contribution in [-0.2, 0) is 12.5 Å². The van der Waals surface area contributed by atoms with E-state index in [1.807, 2.05) is 13.2 Å². The van der Waals surface area contributed by atoms with Crippen molar-refractivity contribution >= 4 is 0 Å². The molecule has 0 aliphatic heterocycles. The molecule has 1 heterocycles. The zero-order valence-corrected chi connectivity index (χ0v) is 7.36. The fraction of sp³-hybridized carbons (Fsp3) is 0.750. The molecule has 0 unspecified atom stereocenters. The third-order valence-electron chi connectivity index (χ3n) is 2.59. The molecule has 0 saturated heterocycles. The third-order valence-corrected chi connectivity index (χ3v) is 2.59. The molecule has 12 heavy (non-hydrogen) atoms. The van der Waals surface area contributed by atoms with Crippen LogP contribution in [0.1, 0.15) is 25.5 Å². The van der Waals surface area contributed by atoms with Gasteiger partial charge in [-0.3, -0.25) is 4.68 Å². The highest BCUT2D eigenvalue weighted by Crippen LogP contribution is 2.42. The monoisotopic (exact) mass is 167 g/mol. The number of aliphatic hydroxyl groups excluding tert-OH is 1. The van der Waals surface area contributed by atoms with E-state index < -0.39 is 0 Å². The summed E-state index contributed by atoms with van der Waals surface area (Å²) in [4.78, 5) is 0. The Labute approximate surface area is 71.2 Å². The van der Waals surface area contributed by atoms with Crippen molar-refractivity contribution in [2.45, 2.75) is 31.3 Å². The molecule has 0 aromatic carbocycles. The minimum absolute atomic E-state index is 0.0632. The second-order valence-electron chi connectivity index (χ2n) is 3.90. The van der Waals surface area contributed by atoms with E-state index in [0.29, 0.717) is 0 Å². The minimum Gasteiger partial charge on any atom is -0.393 e. The smallest absolute Gasteiger partial charge is 0.0887 e. The summed E-state index contributed by atoms with van der Waals surface area (Å²) in [6.45, 7) is 2.11. The van der Waals surface area contributed by atoms with Gasteiger partial charge in [0.1, 0.15) is 0 Å². The molecule has 1 aromatic heterocycles. The molecule has 0 amide bonds. The van der Waals surface area contributed by atoms with Crippen molar-refractivity contribution in [3.8, 4) is 0 Å².